The Kier molecular flexibility index (Phi) is 5.78. The molecule has 0 bridgehead atoms. The van der Waals surface area contributed by atoms with Gasteiger partial charge in [-0.15, -0.1) is 0 Å². The molecule has 0 unspecified atom stereocenters. The lowest BCUT2D eigenvalue weighted by atomic mass is 10.1. The highest BCUT2D eigenvalue weighted by Gasteiger charge is 2.09. The van der Waals surface area contributed by atoms with Crippen molar-refractivity contribution in [2.24, 2.45) is 5.10 Å². The van der Waals surface area contributed by atoms with Crippen LogP contribution in [0.1, 0.15) is 22.8 Å². The van der Waals surface area contributed by atoms with Gasteiger partial charge in [-0.3, -0.25) is 4.79 Å². The summed E-state index contributed by atoms with van der Waals surface area (Å²) < 4.78 is 10.5. The zero-order chi connectivity index (χ0) is 17.5. The van der Waals surface area contributed by atoms with E-state index in [0.717, 1.165) is 5.56 Å². The highest BCUT2D eigenvalue weighted by atomic mass is 16.5. The van der Waals surface area contributed by atoms with E-state index in [4.69, 9.17) is 9.47 Å². The molecule has 24 heavy (non-hydrogen) atoms. The molecule has 0 saturated carbocycles. The summed E-state index contributed by atoms with van der Waals surface area (Å²) in [7, 11) is 3.16. The predicted molar refractivity (Wildman–Crippen MR) is 91.9 cm³/mol. The second-order valence-electron chi connectivity index (χ2n) is 5.17. The fourth-order valence-electron chi connectivity index (χ4n) is 2.20. The van der Waals surface area contributed by atoms with E-state index in [0.29, 0.717) is 23.6 Å². The van der Waals surface area contributed by atoms with Crippen LogP contribution < -0.4 is 14.9 Å². The number of carbonyl (C=O) groups is 1. The maximum Gasteiger partial charge on any atom is 0.275 e. The van der Waals surface area contributed by atoms with Crippen molar-refractivity contribution in [3.8, 4) is 17.2 Å². The average molecular weight is 328 g/mol. The molecule has 0 aliphatic rings. The number of nitrogens with one attached hydrogen (secondary N) is 1. The standard InChI is InChI=1S/C18H20N2O4/c1-12(10-13-8-9-16(23-2)17(11-13)24-3)19-20-18(22)14-6-4-5-7-15(14)21/h4-9,11,21H,10H2,1-3H3,(H,20,22)/b19-12-. The lowest BCUT2D eigenvalue weighted by Gasteiger charge is -2.09. The van der Waals surface area contributed by atoms with Gasteiger partial charge < -0.3 is 14.6 Å². The van der Waals surface area contributed by atoms with Crippen LogP contribution in [-0.4, -0.2) is 30.9 Å². The number of amides is 1. The predicted octanol–water partition coefficient (Wildman–Crippen LogP) is 2.76. The summed E-state index contributed by atoms with van der Waals surface area (Å²) in [6.07, 6.45) is 0.543. The highest BCUT2D eigenvalue weighted by Crippen LogP contribution is 2.27. The molecule has 0 atom stereocenters. The molecule has 0 fully saturated rings. The largest absolute Gasteiger partial charge is 0.507 e. The molecule has 2 aromatic carbocycles. The van der Waals surface area contributed by atoms with E-state index >= 15 is 0 Å². The van der Waals surface area contributed by atoms with E-state index in [1.54, 1.807) is 26.4 Å². The Hall–Kier alpha value is -3.02. The minimum Gasteiger partial charge on any atom is -0.507 e. The highest BCUT2D eigenvalue weighted by molar-refractivity contribution is 5.97. The van der Waals surface area contributed by atoms with Crippen LogP contribution in [0.15, 0.2) is 47.6 Å². The number of hydrogen-bond donors (Lipinski definition) is 2. The maximum atomic E-state index is 12.0. The van der Waals surface area contributed by atoms with Gasteiger partial charge in [-0.25, -0.2) is 5.43 Å². The van der Waals surface area contributed by atoms with Gasteiger partial charge in [0.25, 0.3) is 5.91 Å². The number of ether oxygens (including phenoxy) is 2. The summed E-state index contributed by atoms with van der Waals surface area (Å²) in [5.41, 5.74) is 4.32. The van der Waals surface area contributed by atoms with Crippen LogP contribution in [0.3, 0.4) is 0 Å². The van der Waals surface area contributed by atoms with Crippen molar-refractivity contribution in [3.63, 3.8) is 0 Å². The quantitative estimate of drug-likeness (QED) is 0.631. The zero-order valence-corrected chi connectivity index (χ0v) is 13.9. The molecule has 126 valence electrons. The molecule has 2 aromatic rings. The molecule has 0 heterocycles. The number of phenolic OH excluding ortho intramolecular Hbond substituents is 1. The first-order valence-electron chi connectivity index (χ1n) is 7.37. The van der Waals surface area contributed by atoms with E-state index in [9.17, 15) is 9.90 Å². The third-order valence-corrected chi connectivity index (χ3v) is 3.40. The SMILES string of the molecule is COc1ccc(C/C(C)=N\NC(=O)c2ccccc2O)cc1OC. The number of benzene rings is 2. The molecule has 6 heteroatoms. The molecule has 0 saturated heterocycles. The third-order valence-electron chi connectivity index (χ3n) is 3.40. The topological polar surface area (TPSA) is 80.2 Å². The van der Waals surface area contributed by atoms with Crippen molar-refractivity contribution in [3.05, 3.63) is 53.6 Å². The first-order chi connectivity index (χ1) is 11.5. The average Bonchev–Trinajstić information content (AvgIpc) is 2.60. The second-order valence-corrected chi connectivity index (χ2v) is 5.17. The van der Waals surface area contributed by atoms with Crippen LogP contribution in [0.5, 0.6) is 17.2 Å². The summed E-state index contributed by atoms with van der Waals surface area (Å²) in [6.45, 7) is 1.81. The van der Waals surface area contributed by atoms with E-state index in [2.05, 4.69) is 10.5 Å². The van der Waals surface area contributed by atoms with Gasteiger partial charge in [0.1, 0.15) is 5.75 Å². The normalized spacial score (nSPS) is 11.0. The van der Waals surface area contributed by atoms with Crippen molar-refractivity contribution in [2.45, 2.75) is 13.3 Å². The van der Waals surface area contributed by atoms with Crippen molar-refractivity contribution in [1.29, 1.82) is 0 Å². The fraction of sp³-hybridized carbons (Fsp3) is 0.222. The summed E-state index contributed by atoms with van der Waals surface area (Å²) in [4.78, 5) is 12.0. The van der Waals surface area contributed by atoms with Gasteiger partial charge >= 0.3 is 0 Å². The van der Waals surface area contributed by atoms with Crippen LogP contribution >= 0.6 is 0 Å². The Morgan fingerprint density at radius 1 is 1.12 bits per heavy atom. The molecule has 1 amide bonds. The number of phenols is 1. The van der Waals surface area contributed by atoms with Crippen molar-refractivity contribution >= 4 is 11.6 Å². The summed E-state index contributed by atoms with van der Waals surface area (Å²) in [5.74, 6) is 0.757. The van der Waals surface area contributed by atoms with Crippen molar-refractivity contribution < 1.29 is 19.4 Å². The van der Waals surface area contributed by atoms with Crippen LogP contribution in [0.2, 0.25) is 0 Å². The van der Waals surface area contributed by atoms with E-state index in [1.807, 2.05) is 25.1 Å². The zero-order valence-electron chi connectivity index (χ0n) is 13.9. The van der Waals surface area contributed by atoms with Gasteiger partial charge in [0.15, 0.2) is 11.5 Å². The lowest BCUT2D eigenvalue weighted by Crippen LogP contribution is -2.19. The van der Waals surface area contributed by atoms with E-state index in [-0.39, 0.29) is 11.3 Å². The Bertz CT molecular complexity index is 756. The van der Waals surface area contributed by atoms with Gasteiger partial charge in [0, 0.05) is 12.1 Å². The molecule has 2 N–H and O–H groups in total. The van der Waals surface area contributed by atoms with Crippen LogP contribution in [-0.2, 0) is 6.42 Å². The number of aromatic hydroxyl groups is 1. The van der Waals surface area contributed by atoms with Gasteiger partial charge in [0.2, 0.25) is 0 Å². The first kappa shape index (κ1) is 17.3. The molecular formula is C18H20N2O4. The number of methoxy groups -OCH3 is 2. The Morgan fingerprint density at radius 2 is 1.83 bits per heavy atom. The van der Waals surface area contributed by atoms with E-state index in [1.165, 1.54) is 12.1 Å². The Balaban J connectivity index is 2.04. The number of hydrazone groups is 1. The molecule has 0 aromatic heterocycles. The van der Waals surface area contributed by atoms with E-state index < -0.39 is 5.91 Å². The van der Waals surface area contributed by atoms with Gasteiger partial charge in [-0.2, -0.15) is 5.10 Å². The minimum atomic E-state index is -0.459. The van der Waals surface area contributed by atoms with Gasteiger partial charge in [0.05, 0.1) is 19.8 Å². The second kappa shape index (κ2) is 8.01. The summed E-state index contributed by atoms with van der Waals surface area (Å²) in [5, 5.41) is 13.7. The third kappa shape index (κ3) is 4.25. The lowest BCUT2D eigenvalue weighted by molar-refractivity contribution is 0.0952. The molecule has 0 spiro atoms. The first-order valence-corrected chi connectivity index (χ1v) is 7.37. The van der Waals surface area contributed by atoms with Gasteiger partial charge in [-0.1, -0.05) is 18.2 Å². The number of carbonyl (C=O) groups excluding carboxylic acids is 1. The molecule has 2 rings (SSSR count). The maximum absolute atomic E-state index is 12.0. The molecular weight excluding hydrogens is 308 g/mol. The molecule has 0 aliphatic heterocycles. The minimum absolute atomic E-state index is 0.0808. The van der Waals surface area contributed by atoms with Gasteiger partial charge in [-0.05, 0) is 36.8 Å². The van der Waals surface area contributed by atoms with Crippen molar-refractivity contribution in [1.82, 2.24) is 5.43 Å². The molecule has 0 aliphatic carbocycles. The molecule has 0 radical (unpaired) electrons. The monoisotopic (exact) mass is 328 g/mol. The number of para-hydroxylation sites is 1. The smallest absolute Gasteiger partial charge is 0.275 e. The molecule has 6 nitrogen and oxygen atoms in total. The summed E-state index contributed by atoms with van der Waals surface area (Å²) in [6, 6.07) is 11.9. The Labute approximate surface area is 140 Å². The number of nitrogens with zero attached hydrogens (tertiary/aromatic N) is 1. The van der Waals surface area contributed by atoms with Crippen molar-refractivity contribution in [2.75, 3.05) is 14.2 Å². The fourth-order valence-corrected chi connectivity index (χ4v) is 2.20. The Morgan fingerprint density at radius 3 is 2.50 bits per heavy atom. The summed E-state index contributed by atoms with van der Waals surface area (Å²) >= 11 is 0. The van der Waals surface area contributed by atoms with Crippen LogP contribution in [0, 0.1) is 0 Å². The van der Waals surface area contributed by atoms with Crippen LogP contribution in [0.4, 0.5) is 0 Å². The van der Waals surface area contributed by atoms with Crippen LogP contribution in [0.25, 0.3) is 0 Å². The number of rotatable bonds is 6. The number of hydrogen-bond acceptors (Lipinski definition) is 5.